The summed E-state index contributed by atoms with van der Waals surface area (Å²) < 4.78 is 15.6. The minimum absolute atomic E-state index is 0.136. The summed E-state index contributed by atoms with van der Waals surface area (Å²) in [5, 5.41) is 2.68. The fraction of sp³-hybridized carbons (Fsp3) is 0.125. The van der Waals surface area contributed by atoms with Gasteiger partial charge in [-0.15, -0.1) is 0 Å². The zero-order chi connectivity index (χ0) is 21.6. The van der Waals surface area contributed by atoms with Gasteiger partial charge in [-0.25, -0.2) is 4.79 Å². The molecule has 0 spiro atoms. The highest BCUT2D eigenvalue weighted by Crippen LogP contribution is 2.32. The standard InChI is InChI=1S/C24H19NO6/c26-22(25-13-16-6-11-20-21(12-16)31-15-30-20)14-29-24(28)19-9-7-18(8-10-19)23(27)17-4-2-1-3-5-17/h1-12H,13-15H2,(H,25,26). The number of rotatable bonds is 7. The lowest BCUT2D eigenvalue weighted by Crippen LogP contribution is -2.28. The molecule has 7 nitrogen and oxygen atoms in total. The molecule has 0 saturated heterocycles. The summed E-state index contributed by atoms with van der Waals surface area (Å²) in [6.45, 7) is 0.0416. The van der Waals surface area contributed by atoms with E-state index in [-0.39, 0.29) is 24.7 Å². The van der Waals surface area contributed by atoms with Crippen LogP contribution in [0.5, 0.6) is 11.5 Å². The first-order chi connectivity index (χ1) is 15.1. The number of carbonyl (C=O) groups excluding carboxylic acids is 3. The number of fused-ring (bicyclic) bond motifs is 1. The molecule has 1 amide bonds. The molecule has 0 fully saturated rings. The quantitative estimate of drug-likeness (QED) is 0.469. The van der Waals surface area contributed by atoms with Crippen LogP contribution in [0.1, 0.15) is 31.8 Å². The second-order valence-electron chi connectivity index (χ2n) is 6.81. The number of hydrogen-bond donors (Lipinski definition) is 1. The fourth-order valence-electron chi connectivity index (χ4n) is 3.03. The number of nitrogens with one attached hydrogen (secondary N) is 1. The molecule has 1 heterocycles. The van der Waals surface area contributed by atoms with E-state index in [9.17, 15) is 14.4 Å². The Bertz CT molecular complexity index is 1110. The van der Waals surface area contributed by atoms with Crippen LogP contribution in [-0.2, 0) is 16.1 Å². The van der Waals surface area contributed by atoms with Crippen molar-refractivity contribution >= 4 is 17.7 Å². The Kier molecular flexibility index (Phi) is 5.93. The van der Waals surface area contributed by atoms with Gasteiger partial charge in [0, 0.05) is 17.7 Å². The normalized spacial score (nSPS) is 11.6. The lowest BCUT2D eigenvalue weighted by molar-refractivity contribution is -0.124. The Hall–Kier alpha value is -4.13. The zero-order valence-corrected chi connectivity index (χ0v) is 16.5. The van der Waals surface area contributed by atoms with Crippen LogP contribution in [0.3, 0.4) is 0 Å². The van der Waals surface area contributed by atoms with E-state index in [4.69, 9.17) is 14.2 Å². The number of ether oxygens (including phenoxy) is 3. The largest absolute Gasteiger partial charge is 0.454 e. The molecule has 1 N–H and O–H groups in total. The van der Waals surface area contributed by atoms with Gasteiger partial charge in [-0.2, -0.15) is 0 Å². The smallest absolute Gasteiger partial charge is 0.338 e. The molecule has 7 heteroatoms. The van der Waals surface area contributed by atoms with Crippen LogP contribution in [0.25, 0.3) is 0 Å². The molecule has 0 bridgehead atoms. The Morgan fingerprint density at radius 3 is 2.26 bits per heavy atom. The summed E-state index contributed by atoms with van der Waals surface area (Å²) in [5.41, 5.74) is 2.12. The van der Waals surface area contributed by atoms with Crippen molar-refractivity contribution in [3.05, 3.63) is 95.1 Å². The van der Waals surface area contributed by atoms with Crippen molar-refractivity contribution in [1.29, 1.82) is 0 Å². The Balaban J connectivity index is 1.26. The molecular formula is C24H19NO6. The lowest BCUT2D eigenvalue weighted by Gasteiger charge is -2.08. The highest BCUT2D eigenvalue weighted by molar-refractivity contribution is 6.09. The maximum atomic E-state index is 12.4. The molecule has 0 aliphatic carbocycles. The topological polar surface area (TPSA) is 90.9 Å². The van der Waals surface area contributed by atoms with Crippen LogP contribution in [0.15, 0.2) is 72.8 Å². The second-order valence-corrected chi connectivity index (χ2v) is 6.81. The zero-order valence-electron chi connectivity index (χ0n) is 16.5. The molecule has 3 aromatic carbocycles. The minimum Gasteiger partial charge on any atom is -0.454 e. The number of esters is 1. The third-order valence-electron chi connectivity index (χ3n) is 4.68. The van der Waals surface area contributed by atoms with Crippen LogP contribution in [0.4, 0.5) is 0 Å². The third-order valence-corrected chi connectivity index (χ3v) is 4.68. The molecule has 0 radical (unpaired) electrons. The summed E-state index contributed by atoms with van der Waals surface area (Å²) >= 11 is 0. The number of ketones is 1. The summed E-state index contributed by atoms with van der Waals surface area (Å²) in [5.74, 6) is 0.0927. The molecule has 31 heavy (non-hydrogen) atoms. The molecule has 1 aliphatic rings. The van der Waals surface area contributed by atoms with Crippen LogP contribution in [0, 0.1) is 0 Å². The number of carbonyl (C=O) groups is 3. The molecule has 0 aromatic heterocycles. The van der Waals surface area contributed by atoms with Crippen molar-refractivity contribution in [2.45, 2.75) is 6.54 Å². The van der Waals surface area contributed by atoms with E-state index in [0.717, 1.165) is 5.56 Å². The van der Waals surface area contributed by atoms with Gasteiger partial charge >= 0.3 is 5.97 Å². The first-order valence-electron chi connectivity index (χ1n) is 9.62. The van der Waals surface area contributed by atoms with E-state index in [1.54, 1.807) is 48.5 Å². The molecule has 0 saturated carbocycles. The first kappa shape index (κ1) is 20.2. The molecule has 156 valence electrons. The number of benzene rings is 3. The predicted octanol–water partition coefficient (Wildman–Crippen LogP) is 3.12. The van der Waals surface area contributed by atoms with E-state index in [1.807, 2.05) is 12.1 Å². The van der Waals surface area contributed by atoms with Crippen molar-refractivity contribution in [1.82, 2.24) is 5.32 Å². The van der Waals surface area contributed by atoms with E-state index in [2.05, 4.69) is 5.32 Å². The molecule has 1 aliphatic heterocycles. The van der Waals surface area contributed by atoms with Gasteiger partial charge < -0.3 is 19.5 Å². The summed E-state index contributed by atoms with van der Waals surface area (Å²) in [7, 11) is 0. The van der Waals surface area contributed by atoms with Gasteiger partial charge in [0.1, 0.15) is 0 Å². The van der Waals surface area contributed by atoms with Gasteiger partial charge in [-0.05, 0) is 29.8 Å². The van der Waals surface area contributed by atoms with Crippen LogP contribution < -0.4 is 14.8 Å². The average Bonchev–Trinajstić information content (AvgIpc) is 3.29. The van der Waals surface area contributed by atoms with Crippen LogP contribution in [-0.4, -0.2) is 31.1 Å². The minimum atomic E-state index is -0.642. The van der Waals surface area contributed by atoms with Crippen LogP contribution in [0.2, 0.25) is 0 Å². The van der Waals surface area contributed by atoms with Crippen molar-refractivity contribution in [2.24, 2.45) is 0 Å². The van der Waals surface area contributed by atoms with E-state index < -0.39 is 18.5 Å². The first-order valence-corrected chi connectivity index (χ1v) is 9.62. The monoisotopic (exact) mass is 417 g/mol. The van der Waals surface area contributed by atoms with Gasteiger partial charge in [0.25, 0.3) is 5.91 Å². The molecular weight excluding hydrogens is 398 g/mol. The fourth-order valence-corrected chi connectivity index (χ4v) is 3.03. The van der Waals surface area contributed by atoms with Gasteiger partial charge in [0.2, 0.25) is 6.79 Å². The van der Waals surface area contributed by atoms with Gasteiger partial charge in [0.15, 0.2) is 23.9 Å². The molecule has 0 atom stereocenters. The van der Waals surface area contributed by atoms with Crippen LogP contribution >= 0.6 is 0 Å². The highest BCUT2D eigenvalue weighted by Gasteiger charge is 2.15. The maximum Gasteiger partial charge on any atom is 0.338 e. The predicted molar refractivity (Wildman–Crippen MR) is 111 cm³/mol. The van der Waals surface area contributed by atoms with Crippen molar-refractivity contribution in [3.8, 4) is 11.5 Å². The summed E-state index contributed by atoms with van der Waals surface area (Å²) in [4.78, 5) is 36.6. The van der Waals surface area contributed by atoms with Gasteiger partial charge in [0.05, 0.1) is 5.56 Å². The summed E-state index contributed by atoms with van der Waals surface area (Å²) in [6.07, 6.45) is 0. The van der Waals surface area contributed by atoms with E-state index >= 15 is 0 Å². The number of hydrogen-bond acceptors (Lipinski definition) is 6. The Morgan fingerprint density at radius 1 is 0.806 bits per heavy atom. The van der Waals surface area contributed by atoms with E-state index in [0.29, 0.717) is 22.6 Å². The second kappa shape index (κ2) is 9.13. The van der Waals surface area contributed by atoms with Crippen molar-refractivity contribution in [3.63, 3.8) is 0 Å². The maximum absolute atomic E-state index is 12.4. The Labute approximate surface area is 178 Å². The summed E-state index contributed by atoms with van der Waals surface area (Å²) in [6, 6.07) is 20.4. The molecule has 3 aromatic rings. The van der Waals surface area contributed by atoms with Crippen molar-refractivity contribution < 1.29 is 28.6 Å². The highest BCUT2D eigenvalue weighted by atomic mass is 16.7. The molecule has 0 unspecified atom stereocenters. The van der Waals surface area contributed by atoms with Gasteiger partial charge in [-0.3, -0.25) is 9.59 Å². The SMILES string of the molecule is O=C(COC(=O)c1ccc(C(=O)c2ccccc2)cc1)NCc1ccc2c(c1)OCO2. The Morgan fingerprint density at radius 2 is 1.48 bits per heavy atom. The average molecular weight is 417 g/mol. The number of amides is 1. The van der Waals surface area contributed by atoms with Gasteiger partial charge in [-0.1, -0.05) is 48.5 Å². The van der Waals surface area contributed by atoms with E-state index in [1.165, 1.54) is 12.1 Å². The third kappa shape index (κ3) is 4.90. The van der Waals surface area contributed by atoms with Crippen molar-refractivity contribution in [2.75, 3.05) is 13.4 Å². The molecule has 4 rings (SSSR count). The lowest BCUT2D eigenvalue weighted by atomic mass is 10.0.